The molecular formula is C30H28N6O6S6. The lowest BCUT2D eigenvalue weighted by Gasteiger charge is -2.58. The number of carbonyl (C=O) groups is 4. The second-order valence-corrected chi connectivity index (χ2v) is 22.7. The van der Waals surface area contributed by atoms with Crippen molar-refractivity contribution in [1.82, 2.24) is 19.6 Å². The zero-order valence-corrected chi connectivity index (χ0v) is 30.6. The number of likely N-dealkylation sites (N-methyl/N-ethyl adjacent to an activating group) is 2. The summed E-state index contributed by atoms with van der Waals surface area (Å²) in [5.74, 6) is -1.56. The van der Waals surface area contributed by atoms with Crippen LogP contribution in [-0.4, -0.2) is 112 Å². The van der Waals surface area contributed by atoms with Crippen LogP contribution >= 0.6 is 62.8 Å². The van der Waals surface area contributed by atoms with E-state index in [0.717, 1.165) is 10.8 Å². The van der Waals surface area contributed by atoms with Gasteiger partial charge in [-0.05, 0) is 89.1 Å². The van der Waals surface area contributed by atoms with Crippen LogP contribution in [0.4, 0.5) is 11.4 Å². The Kier molecular flexibility index (Phi) is 5.79. The number of anilines is 2. The zero-order chi connectivity index (χ0) is 33.6. The second kappa shape index (κ2) is 9.05. The molecule has 0 saturated carbocycles. The first-order valence-corrected chi connectivity index (χ1v) is 22.2. The summed E-state index contributed by atoms with van der Waals surface area (Å²) in [6.45, 7) is 3.43. The Bertz CT molecular complexity index is 1940. The van der Waals surface area contributed by atoms with Crippen molar-refractivity contribution in [3.05, 3.63) is 59.7 Å². The number of hydrogen-bond donors (Lipinski definition) is 4. The fourth-order valence-electron chi connectivity index (χ4n) is 9.80. The van der Waals surface area contributed by atoms with Crippen LogP contribution in [0, 0.1) is 0 Å². The normalized spacial score (nSPS) is 46.0. The van der Waals surface area contributed by atoms with E-state index in [2.05, 4.69) is 10.6 Å². The molecule has 12 rings (SSSR count). The summed E-state index contributed by atoms with van der Waals surface area (Å²) in [5, 5.41) is 34.0. The number of piperazine rings is 2. The van der Waals surface area contributed by atoms with Gasteiger partial charge in [0.25, 0.3) is 23.6 Å². The molecule has 8 fully saturated rings. The first-order chi connectivity index (χ1) is 22.8. The molecule has 12 nitrogen and oxygen atoms in total. The van der Waals surface area contributed by atoms with Gasteiger partial charge in [-0.15, -0.1) is 0 Å². The fourth-order valence-corrected chi connectivity index (χ4v) is 21.0. The van der Waals surface area contributed by atoms with Gasteiger partial charge in [-0.25, -0.2) is 0 Å². The molecule has 2 aromatic rings. The quantitative estimate of drug-likeness (QED) is 0.316. The van der Waals surface area contributed by atoms with Gasteiger partial charge in [-0.3, -0.25) is 29.0 Å². The van der Waals surface area contributed by atoms with Crippen LogP contribution in [0.25, 0.3) is 0 Å². The molecule has 4 N–H and O–H groups in total. The van der Waals surface area contributed by atoms with Gasteiger partial charge in [0, 0.05) is 25.5 Å². The molecule has 10 heterocycles. The van der Waals surface area contributed by atoms with Crippen molar-refractivity contribution in [3.63, 3.8) is 0 Å². The molecule has 0 aliphatic carbocycles. The number of carbonyl (C=O) groups excluding carboxylic acids is 4. The third kappa shape index (κ3) is 2.71. The van der Waals surface area contributed by atoms with Crippen molar-refractivity contribution in [3.8, 4) is 0 Å². The molecule has 2 unspecified atom stereocenters. The van der Waals surface area contributed by atoms with Crippen molar-refractivity contribution in [1.29, 1.82) is 0 Å². The van der Waals surface area contributed by atoms with Crippen LogP contribution in [0.15, 0.2) is 48.5 Å². The Morgan fingerprint density at radius 2 is 1.02 bits per heavy atom. The molecule has 4 bridgehead atoms. The van der Waals surface area contributed by atoms with Crippen molar-refractivity contribution in [2.24, 2.45) is 0 Å². The van der Waals surface area contributed by atoms with Gasteiger partial charge in [0.1, 0.15) is 24.5 Å². The van der Waals surface area contributed by atoms with Gasteiger partial charge in [-0.2, -0.15) is 0 Å². The van der Waals surface area contributed by atoms with Crippen LogP contribution in [0.1, 0.15) is 25.0 Å². The molecule has 10 aliphatic rings. The SMILES string of the molecule is CN1C(=O)C23SSSS[C@]1(C)C(=O)N2[C@H]1Nc2ccccc2[C@@]1(C12c4ccccc4N[C@@H]1N1C(=O)[C@@]4(C)SS[C@]1(C(=O)N4C)[C@H]2O)[C@@H]3O. The van der Waals surface area contributed by atoms with E-state index in [1.54, 1.807) is 27.9 Å². The highest BCUT2D eigenvalue weighted by Gasteiger charge is 2.92. The lowest BCUT2D eigenvalue weighted by Crippen LogP contribution is -2.77. The van der Waals surface area contributed by atoms with Gasteiger partial charge < -0.3 is 30.6 Å². The highest BCUT2D eigenvalue weighted by molar-refractivity contribution is 9.26. The molecular weight excluding hydrogens is 733 g/mol. The van der Waals surface area contributed by atoms with Crippen LogP contribution in [0.2, 0.25) is 0 Å². The average Bonchev–Trinajstić information content (AvgIpc) is 3.73. The molecule has 250 valence electrons. The largest absolute Gasteiger partial charge is 0.388 e. The molecule has 8 saturated heterocycles. The molecule has 10 atom stereocenters. The van der Waals surface area contributed by atoms with E-state index in [0.29, 0.717) is 22.5 Å². The third-order valence-electron chi connectivity index (χ3n) is 12.2. The number of aliphatic hydroxyl groups is 2. The highest BCUT2D eigenvalue weighted by atomic mass is 33.7. The first-order valence-electron chi connectivity index (χ1n) is 15.2. The summed E-state index contributed by atoms with van der Waals surface area (Å²) in [4.78, 5) is 59.0. The van der Waals surface area contributed by atoms with Gasteiger partial charge >= 0.3 is 0 Å². The minimum absolute atomic E-state index is 0.346. The van der Waals surface area contributed by atoms with Crippen molar-refractivity contribution >= 4 is 97.8 Å². The molecule has 2 spiro atoms. The monoisotopic (exact) mass is 760 g/mol. The summed E-state index contributed by atoms with van der Waals surface area (Å²) >= 11 is 0. The summed E-state index contributed by atoms with van der Waals surface area (Å²) in [7, 11) is 10.7. The summed E-state index contributed by atoms with van der Waals surface area (Å²) < 4.78 is 0. The van der Waals surface area contributed by atoms with E-state index in [-0.39, 0.29) is 11.8 Å². The Labute approximate surface area is 298 Å². The summed E-state index contributed by atoms with van der Waals surface area (Å²) in [6.07, 6.45) is -5.31. The molecule has 18 heteroatoms. The van der Waals surface area contributed by atoms with Gasteiger partial charge in [0.05, 0.1) is 10.8 Å². The second-order valence-electron chi connectivity index (χ2n) is 13.6. The molecule has 0 aromatic heterocycles. The number of aliphatic hydroxyl groups excluding tert-OH is 2. The van der Waals surface area contributed by atoms with Gasteiger partial charge in [-0.1, -0.05) is 47.2 Å². The Balaban J connectivity index is 1.35. The lowest BCUT2D eigenvalue weighted by molar-refractivity contribution is -0.166. The molecule has 10 aliphatic heterocycles. The minimum Gasteiger partial charge on any atom is -0.388 e. The number of amides is 4. The van der Waals surface area contributed by atoms with E-state index < -0.39 is 66.7 Å². The minimum atomic E-state index is -1.82. The highest BCUT2D eigenvalue weighted by Crippen LogP contribution is 2.78. The first kappa shape index (κ1) is 30.7. The van der Waals surface area contributed by atoms with Crippen LogP contribution in [-0.2, 0) is 30.0 Å². The third-order valence-corrected chi connectivity index (χ3v) is 23.2. The van der Waals surface area contributed by atoms with Crippen molar-refractivity contribution in [2.45, 2.75) is 68.7 Å². The number of rotatable bonds is 1. The number of nitrogens with zero attached hydrogens (tertiary/aromatic N) is 4. The Morgan fingerprint density at radius 3 is 1.52 bits per heavy atom. The molecule has 4 amide bonds. The van der Waals surface area contributed by atoms with E-state index in [9.17, 15) is 24.6 Å². The van der Waals surface area contributed by atoms with Crippen LogP contribution in [0.3, 0.4) is 0 Å². The number of fused-ring (bicyclic) bond motifs is 13. The summed E-state index contributed by atoms with van der Waals surface area (Å²) in [6, 6.07) is 14.8. The van der Waals surface area contributed by atoms with E-state index in [4.69, 9.17) is 0 Å². The standard InChI is InChI=1S/C30H28N6O6S6/c1-25-21(39)35-19-27(13-9-5-7-11-15(13)31-19,17(37)29(35,45-43-25)23(41)33(25)3)28-14-10-6-8-12-16(14)32-20(28)36-22(40)26(2)34(4)24(42)30(36,18(28)38)46-48-47-44-26/h5-12,17-20,31-32,37-38H,1-4H3/t17-,18-,19+,20+,25+,26+,27?,28+,29-,30?/m0/s1. The smallest absolute Gasteiger partial charge is 0.264 e. The van der Waals surface area contributed by atoms with E-state index in [1.165, 1.54) is 71.6 Å². The van der Waals surface area contributed by atoms with E-state index >= 15 is 4.79 Å². The average molecular weight is 761 g/mol. The Morgan fingerprint density at radius 1 is 0.604 bits per heavy atom. The Hall–Kier alpha value is -2.06. The number of para-hydroxylation sites is 2. The maximum Gasteiger partial charge on any atom is 0.264 e. The zero-order valence-electron chi connectivity index (χ0n) is 25.7. The van der Waals surface area contributed by atoms with Gasteiger partial charge in [0.15, 0.2) is 9.74 Å². The predicted molar refractivity (Wildman–Crippen MR) is 190 cm³/mol. The van der Waals surface area contributed by atoms with Crippen LogP contribution < -0.4 is 10.6 Å². The molecule has 0 radical (unpaired) electrons. The van der Waals surface area contributed by atoms with E-state index in [1.807, 2.05) is 48.5 Å². The number of hydrogen-bond acceptors (Lipinski definition) is 14. The topological polar surface area (TPSA) is 146 Å². The van der Waals surface area contributed by atoms with Crippen molar-refractivity contribution < 1.29 is 29.4 Å². The fraction of sp³-hybridized carbons (Fsp3) is 0.467. The maximum absolute atomic E-state index is 15.0. The molecule has 48 heavy (non-hydrogen) atoms. The number of nitrogens with one attached hydrogen (secondary N) is 2. The predicted octanol–water partition coefficient (Wildman–Crippen LogP) is 2.63. The number of benzene rings is 2. The molecule has 2 aromatic carbocycles. The lowest BCUT2D eigenvalue weighted by atomic mass is 9.52. The van der Waals surface area contributed by atoms with Gasteiger partial charge in [0.2, 0.25) is 9.74 Å². The van der Waals surface area contributed by atoms with Crippen LogP contribution in [0.5, 0.6) is 0 Å². The maximum atomic E-state index is 15.0. The van der Waals surface area contributed by atoms with Crippen molar-refractivity contribution in [2.75, 3.05) is 24.7 Å². The summed E-state index contributed by atoms with van der Waals surface area (Å²) in [5.41, 5.74) is -0.853.